The van der Waals surface area contributed by atoms with Gasteiger partial charge in [-0.1, -0.05) is 15.9 Å². The van der Waals surface area contributed by atoms with Gasteiger partial charge in [-0.05, 0) is 19.8 Å². The Balaban J connectivity index is 2.53. The summed E-state index contributed by atoms with van der Waals surface area (Å²) in [7, 11) is 0. The summed E-state index contributed by atoms with van der Waals surface area (Å²) >= 11 is 3.39. The van der Waals surface area contributed by atoms with Crippen molar-refractivity contribution >= 4 is 22.2 Å². The molecule has 1 aliphatic heterocycles. The lowest BCUT2D eigenvalue weighted by Crippen LogP contribution is -2.35. The van der Waals surface area contributed by atoms with Crippen LogP contribution in [0.5, 0.6) is 0 Å². The first-order valence-electron chi connectivity index (χ1n) is 3.43. The van der Waals surface area contributed by atoms with Crippen LogP contribution in [0, 0.1) is 0 Å². The van der Waals surface area contributed by atoms with E-state index in [1.165, 1.54) is 0 Å². The highest BCUT2D eigenvalue weighted by atomic mass is 79.9. The quantitative estimate of drug-likeness (QED) is 0.481. The fraction of sp³-hybridized carbons (Fsp3) is 0.857. The third-order valence-electron chi connectivity index (χ3n) is 1.76. The van der Waals surface area contributed by atoms with Crippen molar-refractivity contribution in [2.24, 2.45) is 0 Å². The second-order valence-electron chi connectivity index (χ2n) is 2.79. The van der Waals surface area contributed by atoms with E-state index in [1.807, 2.05) is 6.92 Å². The number of hydrogen-bond acceptors (Lipinski definition) is 2. The number of halogens is 1. The molecule has 0 aromatic heterocycles. The first-order valence-corrected chi connectivity index (χ1v) is 4.22. The fourth-order valence-electron chi connectivity index (χ4n) is 1.18. The van der Waals surface area contributed by atoms with Crippen LogP contribution in [0.2, 0.25) is 0 Å². The van der Waals surface area contributed by atoms with Gasteiger partial charge >= 0.3 is 0 Å². The molecule has 3 heteroatoms. The number of ether oxygens (including phenoxy) is 1. The van der Waals surface area contributed by atoms with Crippen molar-refractivity contribution in [2.45, 2.75) is 30.2 Å². The molecule has 0 bridgehead atoms. The molecule has 2 atom stereocenters. The van der Waals surface area contributed by atoms with E-state index < -0.39 is 0 Å². The summed E-state index contributed by atoms with van der Waals surface area (Å²) in [4.78, 5) is 10.5. The number of rotatable bonds is 1. The molecule has 0 saturated carbocycles. The predicted octanol–water partition coefficient (Wildman–Crippen LogP) is 1.52. The fourth-order valence-corrected chi connectivity index (χ4v) is 1.79. The zero-order chi connectivity index (χ0) is 7.61. The zero-order valence-electron chi connectivity index (χ0n) is 5.97. The lowest BCUT2D eigenvalue weighted by atomic mass is 9.98. The molecule has 0 aromatic carbocycles. The van der Waals surface area contributed by atoms with E-state index in [0.29, 0.717) is 6.61 Å². The van der Waals surface area contributed by atoms with Crippen LogP contribution in [0.15, 0.2) is 0 Å². The van der Waals surface area contributed by atoms with Gasteiger partial charge in [0.15, 0.2) is 0 Å². The minimum atomic E-state index is -0.301. The monoisotopic (exact) mass is 206 g/mol. The van der Waals surface area contributed by atoms with E-state index in [4.69, 9.17) is 4.74 Å². The summed E-state index contributed by atoms with van der Waals surface area (Å²) in [5.74, 6) is 0. The third-order valence-corrected chi connectivity index (χ3v) is 2.67. The van der Waals surface area contributed by atoms with Gasteiger partial charge in [0.25, 0.3) is 0 Å². The van der Waals surface area contributed by atoms with Gasteiger partial charge in [-0.2, -0.15) is 0 Å². The summed E-state index contributed by atoms with van der Waals surface area (Å²) in [6.07, 6.45) is 2.77. The van der Waals surface area contributed by atoms with Crippen LogP contribution >= 0.6 is 15.9 Å². The van der Waals surface area contributed by atoms with E-state index in [9.17, 15) is 4.79 Å². The molecule has 0 radical (unpaired) electrons. The van der Waals surface area contributed by atoms with Crippen LogP contribution in [0.25, 0.3) is 0 Å². The lowest BCUT2D eigenvalue weighted by molar-refractivity contribution is -0.113. The Hall–Kier alpha value is 0.110. The number of aldehydes is 1. The van der Waals surface area contributed by atoms with E-state index in [-0.39, 0.29) is 10.4 Å². The van der Waals surface area contributed by atoms with Crippen LogP contribution in [-0.4, -0.2) is 23.3 Å². The van der Waals surface area contributed by atoms with E-state index in [0.717, 1.165) is 19.1 Å². The molecule has 0 spiro atoms. The van der Waals surface area contributed by atoms with E-state index >= 15 is 0 Å². The van der Waals surface area contributed by atoms with Gasteiger partial charge in [0.1, 0.15) is 6.29 Å². The Bertz CT molecular complexity index is 138. The van der Waals surface area contributed by atoms with Gasteiger partial charge in [0.05, 0.1) is 10.4 Å². The molecule has 1 heterocycles. The number of hydrogen-bond donors (Lipinski definition) is 0. The van der Waals surface area contributed by atoms with Crippen molar-refractivity contribution in [2.75, 3.05) is 6.61 Å². The molecule has 0 amide bonds. The molecular weight excluding hydrogens is 196 g/mol. The first kappa shape index (κ1) is 8.21. The van der Waals surface area contributed by atoms with Crippen molar-refractivity contribution in [3.8, 4) is 0 Å². The first-order chi connectivity index (χ1) is 4.66. The molecule has 1 aliphatic rings. The molecule has 2 nitrogen and oxygen atoms in total. The van der Waals surface area contributed by atoms with Crippen LogP contribution in [0.4, 0.5) is 0 Å². The van der Waals surface area contributed by atoms with E-state index in [2.05, 4.69) is 15.9 Å². The molecule has 1 fully saturated rings. The standard InChI is InChI=1S/C7H11BrO2/c1-6-4-7(8,5-9)2-3-10-6/h5-6H,2-4H2,1H3. The van der Waals surface area contributed by atoms with Crippen molar-refractivity contribution < 1.29 is 9.53 Å². The van der Waals surface area contributed by atoms with Gasteiger partial charge in [0, 0.05) is 6.61 Å². The summed E-state index contributed by atoms with van der Waals surface area (Å²) < 4.78 is 4.99. The lowest BCUT2D eigenvalue weighted by Gasteiger charge is -2.30. The Labute approximate surface area is 69.1 Å². The van der Waals surface area contributed by atoms with Gasteiger partial charge in [-0.15, -0.1) is 0 Å². The van der Waals surface area contributed by atoms with Crippen molar-refractivity contribution in [3.05, 3.63) is 0 Å². The highest BCUT2D eigenvalue weighted by Crippen LogP contribution is 2.30. The maximum atomic E-state index is 10.5. The van der Waals surface area contributed by atoms with Crippen LogP contribution < -0.4 is 0 Å². The topological polar surface area (TPSA) is 26.3 Å². The number of carbonyl (C=O) groups excluding carboxylic acids is 1. The predicted molar refractivity (Wildman–Crippen MR) is 42.4 cm³/mol. The Morgan fingerprint density at radius 3 is 2.90 bits per heavy atom. The van der Waals surface area contributed by atoms with Gasteiger partial charge in [-0.3, -0.25) is 0 Å². The summed E-state index contributed by atoms with van der Waals surface area (Å²) in [5.41, 5.74) is 0. The number of carbonyl (C=O) groups is 1. The molecule has 1 rings (SSSR count). The number of alkyl halides is 1. The zero-order valence-corrected chi connectivity index (χ0v) is 7.56. The Morgan fingerprint density at radius 1 is 1.80 bits per heavy atom. The molecule has 0 aromatic rings. The minimum absolute atomic E-state index is 0.207. The summed E-state index contributed by atoms with van der Waals surface area (Å²) in [6, 6.07) is 0. The largest absolute Gasteiger partial charge is 0.378 e. The van der Waals surface area contributed by atoms with Crippen LogP contribution in [0.3, 0.4) is 0 Å². The maximum Gasteiger partial charge on any atom is 0.136 e. The highest BCUT2D eigenvalue weighted by Gasteiger charge is 2.32. The molecule has 10 heavy (non-hydrogen) atoms. The average molecular weight is 207 g/mol. The molecule has 58 valence electrons. The smallest absolute Gasteiger partial charge is 0.136 e. The maximum absolute atomic E-state index is 10.5. The molecule has 0 aliphatic carbocycles. The van der Waals surface area contributed by atoms with Gasteiger partial charge in [-0.25, -0.2) is 0 Å². The van der Waals surface area contributed by atoms with Crippen LogP contribution in [0.1, 0.15) is 19.8 Å². The minimum Gasteiger partial charge on any atom is -0.378 e. The van der Waals surface area contributed by atoms with Crippen LogP contribution in [-0.2, 0) is 9.53 Å². The second-order valence-corrected chi connectivity index (χ2v) is 4.37. The Kier molecular flexibility index (Phi) is 2.47. The molecule has 0 N–H and O–H groups in total. The summed E-state index contributed by atoms with van der Waals surface area (Å²) in [5, 5.41) is 0. The van der Waals surface area contributed by atoms with Crippen molar-refractivity contribution in [3.63, 3.8) is 0 Å². The highest BCUT2D eigenvalue weighted by molar-refractivity contribution is 9.10. The van der Waals surface area contributed by atoms with E-state index in [1.54, 1.807) is 0 Å². The summed E-state index contributed by atoms with van der Waals surface area (Å²) in [6.45, 7) is 2.67. The van der Waals surface area contributed by atoms with Gasteiger partial charge in [0.2, 0.25) is 0 Å². The molecule has 1 saturated heterocycles. The normalized spacial score (nSPS) is 41.2. The second kappa shape index (κ2) is 3.01. The molecular formula is C7H11BrO2. The van der Waals surface area contributed by atoms with Crippen molar-refractivity contribution in [1.29, 1.82) is 0 Å². The Morgan fingerprint density at radius 2 is 2.50 bits per heavy atom. The SMILES string of the molecule is CC1CC(Br)(C=O)CCO1. The average Bonchev–Trinajstić information content (AvgIpc) is 1.88. The third kappa shape index (κ3) is 1.80. The molecule has 2 unspecified atom stereocenters. The van der Waals surface area contributed by atoms with Crippen molar-refractivity contribution in [1.82, 2.24) is 0 Å². The van der Waals surface area contributed by atoms with Gasteiger partial charge < -0.3 is 9.53 Å².